The zero-order valence-electron chi connectivity index (χ0n) is 14.7. The number of aromatic nitrogens is 2. The molecule has 0 aliphatic carbocycles. The van der Waals surface area contributed by atoms with E-state index in [-0.39, 0.29) is 12.5 Å². The fourth-order valence-corrected chi connectivity index (χ4v) is 4.96. The van der Waals surface area contributed by atoms with Gasteiger partial charge in [0.05, 0.1) is 9.90 Å². The van der Waals surface area contributed by atoms with Gasteiger partial charge < -0.3 is 14.5 Å². The first-order chi connectivity index (χ1) is 13.6. The van der Waals surface area contributed by atoms with Crippen molar-refractivity contribution in [1.82, 2.24) is 15.1 Å². The molecule has 0 radical (unpaired) electrons. The van der Waals surface area contributed by atoms with E-state index in [0.29, 0.717) is 42.0 Å². The highest BCUT2D eigenvalue weighted by atomic mass is 35.5. The lowest BCUT2D eigenvalue weighted by molar-refractivity contribution is -0.133. The highest BCUT2D eigenvalue weighted by Crippen LogP contribution is 2.32. The summed E-state index contributed by atoms with van der Waals surface area (Å²) in [6, 6.07) is 8.98. The van der Waals surface area contributed by atoms with E-state index in [1.807, 2.05) is 17.5 Å². The lowest BCUT2D eigenvalue weighted by Crippen LogP contribution is -2.50. The van der Waals surface area contributed by atoms with Gasteiger partial charge in [-0.2, -0.15) is 0 Å². The number of halogens is 2. The molecule has 28 heavy (non-hydrogen) atoms. The van der Waals surface area contributed by atoms with E-state index in [0.717, 1.165) is 15.0 Å². The number of rotatable bonds is 5. The van der Waals surface area contributed by atoms with Crippen LogP contribution in [-0.4, -0.2) is 53.8 Å². The van der Waals surface area contributed by atoms with Crippen molar-refractivity contribution >= 4 is 56.9 Å². The summed E-state index contributed by atoms with van der Waals surface area (Å²) in [5, 5.41) is 13.3. The van der Waals surface area contributed by atoms with Gasteiger partial charge in [-0.1, -0.05) is 40.6 Å². The first-order valence-electron chi connectivity index (χ1n) is 8.58. The van der Waals surface area contributed by atoms with Crippen LogP contribution < -0.4 is 9.64 Å². The summed E-state index contributed by atoms with van der Waals surface area (Å²) >= 11 is 15.2. The first kappa shape index (κ1) is 19.4. The largest absolute Gasteiger partial charge is 0.482 e. The molecule has 1 aliphatic rings. The average molecular weight is 455 g/mol. The molecule has 0 spiro atoms. The summed E-state index contributed by atoms with van der Waals surface area (Å²) < 4.78 is 5.55. The molecule has 0 atom stereocenters. The number of amides is 1. The van der Waals surface area contributed by atoms with Gasteiger partial charge in [-0.05, 0) is 29.6 Å². The molecule has 3 aromatic rings. The summed E-state index contributed by atoms with van der Waals surface area (Å²) in [4.78, 5) is 17.5. The minimum absolute atomic E-state index is 0.0529. The Bertz CT molecular complexity index is 956. The van der Waals surface area contributed by atoms with Crippen LogP contribution in [0.1, 0.15) is 0 Å². The van der Waals surface area contributed by atoms with Gasteiger partial charge in [-0.15, -0.1) is 21.5 Å². The van der Waals surface area contributed by atoms with Crippen molar-refractivity contribution < 1.29 is 9.53 Å². The fourth-order valence-electron chi connectivity index (χ4n) is 2.81. The number of thiophene rings is 1. The molecular weight excluding hydrogens is 439 g/mol. The van der Waals surface area contributed by atoms with E-state index >= 15 is 0 Å². The second-order valence-electron chi connectivity index (χ2n) is 6.10. The Hall–Kier alpha value is -1.87. The Kier molecular flexibility index (Phi) is 6.01. The van der Waals surface area contributed by atoms with Crippen molar-refractivity contribution in [2.24, 2.45) is 0 Å². The number of carbonyl (C=O) groups excluding carboxylic acids is 1. The Morgan fingerprint density at radius 2 is 1.96 bits per heavy atom. The number of ether oxygens (including phenoxy) is 1. The zero-order chi connectivity index (χ0) is 19.5. The Morgan fingerprint density at radius 1 is 1.14 bits per heavy atom. The first-order valence-corrected chi connectivity index (χ1v) is 11.0. The second kappa shape index (κ2) is 8.65. The third-order valence-corrected chi connectivity index (χ3v) is 6.85. The van der Waals surface area contributed by atoms with Gasteiger partial charge in [0.2, 0.25) is 5.13 Å². The molecule has 1 aliphatic heterocycles. The van der Waals surface area contributed by atoms with E-state index in [4.69, 9.17) is 27.9 Å². The molecule has 1 saturated heterocycles. The molecule has 1 fully saturated rings. The number of nitrogens with zero attached hydrogens (tertiary/aromatic N) is 4. The van der Waals surface area contributed by atoms with Gasteiger partial charge in [0.1, 0.15) is 5.75 Å². The maximum Gasteiger partial charge on any atom is 0.260 e. The van der Waals surface area contributed by atoms with Crippen LogP contribution in [0.15, 0.2) is 35.7 Å². The van der Waals surface area contributed by atoms with E-state index in [9.17, 15) is 4.79 Å². The lowest BCUT2D eigenvalue weighted by atomic mass is 10.3. The molecule has 1 amide bonds. The van der Waals surface area contributed by atoms with E-state index in [2.05, 4.69) is 15.1 Å². The summed E-state index contributed by atoms with van der Waals surface area (Å²) in [5.41, 5.74) is 0. The predicted octanol–water partition coefficient (Wildman–Crippen LogP) is 4.30. The van der Waals surface area contributed by atoms with Crippen molar-refractivity contribution in [2.45, 2.75) is 0 Å². The average Bonchev–Trinajstić information content (AvgIpc) is 3.39. The van der Waals surface area contributed by atoms with Gasteiger partial charge >= 0.3 is 0 Å². The highest BCUT2D eigenvalue weighted by molar-refractivity contribution is 7.22. The predicted molar refractivity (Wildman–Crippen MR) is 114 cm³/mol. The van der Waals surface area contributed by atoms with E-state index in [1.54, 1.807) is 45.8 Å². The molecule has 6 nitrogen and oxygen atoms in total. The third kappa shape index (κ3) is 4.41. The Balaban J connectivity index is 1.29. The number of anilines is 1. The van der Waals surface area contributed by atoms with Crippen LogP contribution in [-0.2, 0) is 4.79 Å². The van der Waals surface area contributed by atoms with E-state index in [1.165, 1.54) is 0 Å². The molecule has 3 heterocycles. The van der Waals surface area contributed by atoms with Crippen LogP contribution in [0.2, 0.25) is 10.0 Å². The topological polar surface area (TPSA) is 58.6 Å². The molecule has 0 N–H and O–H groups in total. The van der Waals surface area contributed by atoms with Crippen molar-refractivity contribution in [3.05, 3.63) is 45.8 Å². The van der Waals surface area contributed by atoms with Crippen molar-refractivity contribution in [3.63, 3.8) is 0 Å². The SMILES string of the molecule is O=C(COc1ccc(Cl)cc1Cl)N1CCN(c2nnc(-c3cccs3)s2)CC1. The lowest BCUT2D eigenvalue weighted by Gasteiger charge is -2.34. The van der Waals surface area contributed by atoms with Crippen molar-refractivity contribution in [3.8, 4) is 15.6 Å². The minimum Gasteiger partial charge on any atom is -0.482 e. The summed E-state index contributed by atoms with van der Waals surface area (Å²) in [6.07, 6.45) is 0. The molecule has 2 aromatic heterocycles. The van der Waals surface area contributed by atoms with Crippen LogP contribution in [0.4, 0.5) is 5.13 Å². The normalized spacial score (nSPS) is 14.4. The van der Waals surface area contributed by atoms with Crippen LogP contribution >= 0.6 is 45.9 Å². The molecule has 0 bridgehead atoms. The Labute approximate surface area is 180 Å². The molecule has 0 unspecified atom stereocenters. The van der Waals surface area contributed by atoms with Crippen molar-refractivity contribution in [1.29, 1.82) is 0 Å². The second-order valence-corrected chi connectivity index (χ2v) is 8.85. The van der Waals surface area contributed by atoms with Crippen LogP contribution in [0.5, 0.6) is 5.75 Å². The summed E-state index contributed by atoms with van der Waals surface area (Å²) in [6.45, 7) is 2.61. The van der Waals surface area contributed by atoms with Gasteiger partial charge in [-0.25, -0.2) is 0 Å². The van der Waals surface area contributed by atoms with Gasteiger partial charge in [0.25, 0.3) is 5.91 Å². The Morgan fingerprint density at radius 3 is 2.68 bits per heavy atom. The van der Waals surface area contributed by atoms with Gasteiger partial charge in [0, 0.05) is 31.2 Å². The molecule has 146 valence electrons. The van der Waals surface area contributed by atoms with Crippen LogP contribution in [0, 0.1) is 0 Å². The number of hydrogen-bond donors (Lipinski definition) is 0. The maximum absolute atomic E-state index is 12.4. The standard InChI is InChI=1S/C18H16Cl2N4O2S2/c19-12-3-4-14(13(20)10-12)26-11-16(25)23-5-7-24(8-6-23)18-22-21-17(28-18)15-2-1-9-27-15/h1-4,9-10H,5-8,11H2. The fraction of sp³-hybridized carbons (Fsp3) is 0.278. The quantitative estimate of drug-likeness (QED) is 0.574. The smallest absolute Gasteiger partial charge is 0.260 e. The monoisotopic (exact) mass is 454 g/mol. The number of benzene rings is 1. The van der Waals surface area contributed by atoms with Gasteiger partial charge in [-0.3, -0.25) is 4.79 Å². The third-order valence-electron chi connectivity index (χ3n) is 4.29. The highest BCUT2D eigenvalue weighted by Gasteiger charge is 2.24. The van der Waals surface area contributed by atoms with Gasteiger partial charge in [0.15, 0.2) is 11.6 Å². The minimum atomic E-state index is -0.0674. The van der Waals surface area contributed by atoms with Crippen LogP contribution in [0.25, 0.3) is 9.88 Å². The van der Waals surface area contributed by atoms with Crippen LogP contribution in [0.3, 0.4) is 0 Å². The maximum atomic E-state index is 12.4. The molecular formula is C18H16Cl2N4O2S2. The van der Waals surface area contributed by atoms with Crippen molar-refractivity contribution in [2.75, 3.05) is 37.7 Å². The molecule has 10 heteroatoms. The number of piperazine rings is 1. The van der Waals surface area contributed by atoms with E-state index < -0.39 is 0 Å². The zero-order valence-corrected chi connectivity index (χ0v) is 17.8. The molecule has 4 rings (SSSR count). The number of carbonyl (C=O) groups is 1. The molecule has 0 saturated carbocycles. The molecule has 1 aromatic carbocycles. The summed E-state index contributed by atoms with van der Waals surface area (Å²) in [5.74, 6) is 0.384. The number of hydrogen-bond acceptors (Lipinski definition) is 7. The summed E-state index contributed by atoms with van der Waals surface area (Å²) in [7, 11) is 0.